The Morgan fingerprint density at radius 3 is 2.56 bits per heavy atom. The average molecular weight is 502 g/mol. The van der Waals surface area contributed by atoms with Crippen LogP contribution in [-0.4, -0.2) is 34.1 Å². The molecule has 1 saturated heterocycles. The fourth-order valence-corrected chi connectivity index (χ4v) is 4.23. The molecule has 0 radical (unpaired) electrons. The molecule has 3 N–H and O–H groups in total. The van der Waals surface area contributed by atoms with Crippen molar-refractivity contribution in [2.75, 3.05) is 0 Å². The number of benzene rings is 2. The average Bonchev–Trinajstić information content (AvgIpc) is 2.77. The van der Waals surface area contributed by atoms with E-state index in [1.165, 1.54) is 12.1 Å². The van der Waals surface area contributed by atoms with Crippen LogP contribution in [0, 0.1) is 12.8 Å². The van der Waals surface area contributed by atoms with E-state index < -0.39 is 47.4 Å². The minimum absolute atomic E-state index is 0.0575. The Morgan fingerprint density at radius 2 is 1.89 bits per heavy atom. The predicted octanol–water partition coefficient (Wildman–Crippen LogP) is 2.58. The topological polar surface area (TPSA) is 130 Å². The van der Waals surface area contributed by atoms with E-state index >= 15 is 0 Å². The molecule has 1 aliphatic rings. The van der Waals surface area contributed by atoms with Crippen LogP contribution >= 0.6 is 0 Å². The van der Waals surface area contributed by atoms with E-state index in [4.69, 9.17) is 0 Å². The quantitative estimate of drug-likeness (QED) is 0.445. The van der Waals surface area contributed by atoms with E-state index in [9.17, 15) is 32.3 Å². The van der Waals surface area contributed by atoms with Crippen LogP contribution in [0.2, 0.25) is 0 Å². The van der Waals surface area contributed by atoms with Gasteiger partial charge < -0.3 is 15.0 Å². The number of nitrogens with zero attached hydrogens (tertiary/aromatic N) is 1. The molecule has 1 aliphatic heterocycles. The predicted molar refractivity (Wildman–Crippen MR) is 121 cm³/mol. The lowest BCUT2D eigenvalue weighted by Crippen LogP contribution is -2.47. The zero-order chi connectivity index (χ0) is 26.0. The highest BCUT2D eigenvalue weighted by Crippen LogP contribution is 2.32. The number of aryl methyl sites for hydroxylation is 1. The van der Waals surface area contributed by atoms with Gasteiger partial charge in [-0.1, -0.05) is 24.3 Å². The summed E-state index contributed by atoms with van der Waals surface area (Å²) in [6.45, 7) is 1.62. The van der Waals surface area contributed by atoms with Crippen molar-refractivity contribution < 1.29 is 32.3 Å². The second kappa shape index (κ2) is 9.80. The number of aromatic amines is 1. The molecular weight excluding hydrogens is 481 g/mol. The molecule has 2 aromatic carbocycles. The number of amides is 3. The molecule has 0 bridgehead atoms. The highest BCUT2D eigenvalue weighted by molar-refractivity contribution is 5.99. The minimum atomic E-state index is -4.84. The third-order valence-corrected chi connectivity index (χ3v) is 5.74. The minimum Gasteiger partial charge on any atom is -0.406 e. The molecular formula is C24H21F3N4O5. The fourth-order valence-electron chi connectivity index (χ4n) is 4.23. The van der Waals surface area contributed by atoms with E-state index in [1.807, 2.05) is 0 Å². The van der Waals surface area contributed by atoms with E-state index in [0.29, 0.717) is 22.5 Å². The van der Waals surface area contributed by atoms with Gasteiger partial charge in [-0.25, -0.2) is 4.98 Å². The van der Waals surface area contributed by atoms with Crippen LogP contribution < -0.4 is 20.9 Å². The Bertz CT molecular complexity index is 1390. The van der Waals surface area contributed by atoms with Crippen molar-refractivity contribution in [2.45, 2.75) is 38.6 Å². The summed E-state index contributed by atoms with van der Waals surface area (Å²) in [5.74, 6) is -2.44. The van der Waals surface area contributed by atoms with Gasteiger partial charge in [0, 0.05) is 6.42 Å². The van der Waals surface area contributed by atoms with Gasteiger partial charge >= 0.3 is 6.36 Å². The molecule has 36 heavy (non-hydrogen) atoms. The zero-order valence-electron chi connectivity index (χ0n) is 18.9. The lowest BCUT2D eigenvalue weighted by molar-refractivity contribution is -0.274. The molecule has 1 aromatic heterocycles. The van der Waals surface area contributed by atoms with Gasteiger partial charge in [-0.05, 0) is 42.7 Å². The number of aromatic nitrogens is 2. The third kappa shape index (κ3) is 5.70. The number of rotatable bonds is 6. The number of hydrogen-bond donors (Lipinski definition) is 3. The smallest absolute Gasteiger partial charge is 0.406 e. The second-order valence-corrected chi connectivity index (χ2v) is 8.36. The Hall–Kier alpha value is -4.22. The van der Waals surface area contributed by atoms with Gasteiger partial charge in [-0.15, -0.1) is 13.2 Å². The number of nitrogens with one attached hydrogen (secondary N) is 3. The molecule has 2 unspecified atom stereocenters. The van der Waals surface area contributed by atoms with Crippen LogP contribution in [0.5, 0.6) is 5.75 Å². The van der Waals surface area contributed by atoms with E-state index in [1.54, 1.807) is 25.1 Å². The Morgan fingerprint density at radius 1 is 1.17 bits per heavy atom. The molecule has 2 heterocycles. The standard InChI is InChI=1S/C24H21F3N4O5/c1-12-28-17-4-2-3-15(20(17)23(35)29-12)21(16-9-10-18(32)31-22(16)34)30-19(33)11-13-5-7-14(8-6-13)36-24(25,26)27/h2-8,16,21H,9-11H2,1H3,(H,30,33)(H,28,29,35)(H,31,32,34). The molecule has 2 atom stereocenters. The van der Waals surface area contributed by atoms with Crippen LogP contribution in [-0.2, 0) is 20.8 Å². The van der Waals surface area contributed by atoms with Crippen molar-refractivity contribution in [1.82, 2.24) is 20.6 Å². The van der Waals surface area contributed by atoms with Gasteiger partial charge in [0.2, 0.25) is 17.7 Å². The van der Waals surface area contributed by atoms with Gasteiger partial charge in [0.15, 0.2) is 0 Å². The molecule has 1 fully saturated rings. The molecule has 3 amide bonds. The number of hydrogen-bond acceptors (Lipinski definition) is 6. The van der Waals surface area contributed by atoms with Gasteiger partial charge in [0.25, 0.3) is 5.56 Å². The molecule has 188 valence electrons. The number of H-pyrrole nitrogens is 1. The van der Waals surface area contributed by atoms with Crippen molar-refractivity contribution in [2.24, 2.45) is 5.92 Å². The van der Waals surface area contributed by atoms with E-state index in [2.05, 4.69) is 25.3 Å². The Labute approximate surface area is 202 Å². The number of fused-ring (bicyclic) bond motifs is 1. The molecule has 0 aliphatic carbocycles. The molecule has 4 rings (SSSR count). The van der Waals surface area contributed by atoms with Crippen molar-refractivity contribution in [3.05, 3.63) is 69.8 Å². The highest BCUT2D eigenvalue weighted by atomic mass is 19.4. The van der Waals surface area contributed by atoms with Gasteiger partial charge in [0.1, 0.15) is 11.6 Å². The van der Waals surface area contributed by atoms with E-state index in [-0.39, 0.29) is 24.6 Å². The maximum absolute atomic E-state index is 13.0. The Balaban J connectivity index is 1.64. The molecule has 0 spiro atoms. The lowest BCUT2D eigenvalue weighted by atomic mass is 9.84. The number of piperidine rings is 1. The summed E-state index contributed by atoms with van der Waals surface area (Å²) in [7, 11) is 0. The van der Waals surface area contributed by atoms with Gasteiger partial charge in [0.05, 0.1) is 29.3 Å². The number of carbonyl (C=O) groups excluding carboxylic acids is 3. The number of alkyl halides is 3. The van der Waals surface area contributed by atoms with E-state index in [0.717, 1.165) is 12.1 Å². The van der Waals surface area contributed by atoms with Crippen molar-refractivity contribution in [1.29, 1.82) is 0 Å². The SMILES string of the molecule is Cc1nc2cccc(C(NC(=O)Cc3ccc(OC(F)(F)F)cc3)C3CCC(=O)NC3=O)c2c(=O)[nH]1. The number of carbonyl (C=O) groups is 3. The van der Waals surface area contributed by atoms with Crippen LogP contribution in [0.15, 0.2) is 47.3 Å². The third-order valence-electron chi connectivity index (χ3n) is 5.74. The number of halogens is 3. The summed E-state index contributed by atoms with van der Waals surface area (Å²) in [6, 6.07) is 8.73. The Kier molecular flexibility index (Phi) is 6.77. The summed E-state index contributed by atoms with van der Waals surface area (Å²) in [5, 5.41) is 5.24. The number of imide groups is 1. The summed E-state index contributed by atoms with van der Waals surface area (Å²) in [4.78, 5) is 57.1. The van der Waals surface area contributed by atoms with Crippen LogP contribution in [0.4, 0.5) is 13.2 Å². The monoisotopic (exact) mass is 502 g/mol. The first kappa shape index (κ1) is 24.9. The van der Waals surface area contributed by atoms with Crippen LogP contribution in [0.25, 0.3) is 10.9 Å². The second-order valence-electron chi connectivity index (χ2n) is 8.36. The summed E-state index contributed by atoms with van der Waals surface area (Å²) >= 11 is 0. The molecule has 12 heteroatoms. The normalized spacial score (nSPS) is 16.9. The highest BCUT2D eigenvalue weighted by Gasteiger charge is 2.36. The maximum Gasteiger partial charge on any atom is 0.573 e. The van der Waals surface area contributed by atoms with Crippen molar-refractivity contribution in [3.8, 4) is 5.75 Å². The first-order chi connectivity index (χ1) is 17.0. The molecule has 0 saturated carbocycles. The number of ether oxygens (including phenoxy) is 1. The molecule has 9 nitrogen and oxygen atoms in total. The summed E-state index contributed by atoms with van der Waals surface area (Å²) < 4.78 is 41.0. The van der Waals surface area contributed by atoms with Gasteiger partial charge in [-0.2, -0.15) is 0 Å². The maximum atomic E-state index is 13.0. The van der Waals surface area contributed by atoms with Crippen LogP contribution in [0.1, 0.15) is 35.8 Å². The summed E-state index contributed by atoms with van der Waals surface area (Å²) in [5.41, 5.74) is 0.690. The first-order valence-corrected chi connectivity index (χ1v) is 11.0. The van der Waals surface area contributed by atoms with Crippen molar-refractivity contribution in [3.63, 3.8) is 0 Å². The van der Waals surface area contributed by atoms with Crippen LogP contribution in [0.3, 0.4) is 0 Å². The molecule has 3 aromatic rings. The van der Waals surface area contributed by atoms with Gasteiger partial charge in [-0.3, -0.25) is 24.5 Å². The van der Waals surface area contributed by atoms with Crippen molar-refractivity contribution >= 4 is 28.6 Å². The zero-order valence-corrected chi connectivity index (χ0v) is 18.9. The largest absolute Gasteiger partial charge is 0.573 e. The first-order valence-electron chi connectivity index (χ1n) is 11.0. The lowest BCUT2D eigenvalue weighted by Gasteiger charge is -2.30. The fraction of sp³-hybridized carbons (Fsp3) is 0.292. The summed E-state index contributed by atoms with van der Waals surface area (Å²) in [6.07, 6.45) is -4.85.